The van der Waals surface area contributed by atoms with E-state index < -0.39 is 11.7 Å². The predicted molar refractivity (Wildman–Crippen MR) is 65.0 cm³/mol. The maximum Gasteiger partial charge on any atom is 0.416 e. The SMILES string of the molecule is FC(F)(F)c1ccccc1Cn1cc(CCCl)nn1. The lowest BCUT2D eigenvalue weighted by Crippen LogP contribution is -2.11. The molecule has 3 nitrogen and oxygen atoms in total. The van der Waals surface area contributed by atoms with E-state index in [2.05, 4.69) is 10.3 Å². The number of nitrogens with zero attached hydrogens (tertiary/aromatic N) is 3. The van der Waals surface area contributed by atoms with Gasteiger partial charge in [-0.15, -0.1) is 16.7 Å². The van der Waals surface area contributed by atoms with Crippen molar-refractivity contribution in [2.24, 2.45) is 0 Å². The van der Waals surface area contributed by atoms with Gasteiger partial charge in [0.05, 0.1) is 17.8 Å². The van der Waals surface area contributed by atoms with Crippen LogP contribution in [0.15, 0.2) is 30.5 Å². The van der Waals surface area contributed by atoms with Gasteiger partial charge in [0, 0.05) is 18.5 Å². The molecule has 0 amide bonds. The lowest BCUT2D eigenvalue weighted by Gasteiger charge is -2.12. The van der Waals surface area contributed by atoms with Gasteiger partial charge in [-0.3, -0.25) is 0 Å². The zero-order chi connectivity index (χ0) is 13.9. The van der Waals surface area contributed by atoms with Crippen LogP contribution >= 0.6 is 11.6 Å². The van der Waals surface area contributed by atoms with Crippen LogP contribution in [-0.4, -0.2) is 20.9 Å². The summed E-state index contributed by atoms with van der Waals surface area (Å²) in [6.07, 6.45) is -2.21. The standard InChI is InChI=1S/C12H11ClF3N3/c13-6-5-10-8-19(18-17-10)7-9-3-1-2-4-11(9)12(14,15)16/h1-4,8H,5-7H2. The van der Waals surface area contributed by atoms with E-state index in [-0.39, 0.29) is 12.1 Å². The normalized spacial score (nSPS) is 11.8. The number of aromatic nitrogens is 3. The van der Waals surface area contributed by atoms with Gasteiger partial charge >= 0.3 is 6.18 Å². The monoisotopic (exact) mass is 289 g/mol. The minimum atomic E-state index is -4.36. The second-order valence-electron chi connectivity index (χ2n) is 4.00. The van der Waals surface area contributed by atoms with Gasteiger partial charge in [0.25, 0.3) is 0 Å². The summed E-state index contributed by atoms with van der Waals surface area (Å²) in [4.78, 5) is 0. The maximum absolute atomic E-state index is 12.8. The van der Waals surface area contributed by atoms with E-state index in [9.17, 15) is 13.2 Å². The summed E-state index contributed by atoms with van der Waals surface area (Å²) in [5.74, 6) is 0.401. The lowest BCUT2D eigenvalue weighted by atomic mass is 10.1. The van der Waals surface area contributed by atoms with E-state index in [0.717, 1.165) is 6.07 Å². The molecule has 1 heterocycles. The Bertz CT molecular complexity index is 551. The molecule has 0 aliphatic rings. The van der Waals surface area contributed by atoms with Gasteiger partial charge in [0.2, 0.25) is 0 Å². The Labute approximate surface area is 113 Å². The molecule has 2 rings (SSSR count). The number of aryl methyl sites for hydroxylation is 1. The minimum Gasteiger partial charge on any atom is -0.248 e. The number of halogens is 4. The number of benzene rings is 1. The van der Waals surface area contributed by atoms with Crippen LogP contribution < -0.4 is 0 Å². The number of hydrogen-bond acceptors (Lipinski definition) is 2. The highest BCUT2D eigenvalue weighted by Crippen LogP contribution is 2.32. The molecule has 1 aromatic heterocycles. The van der Waals surface area contributed by atoms with Gasteiger partial charge < -0.3 is 0 Å². The molecule has 0 unspecified atom stereocenters. The zero-order valence-electron chi connectivity index (χ0n) is 9.86. The first-order chi connectivity index (χ1) is 9.00. The van der Waals surface area contributed by atoms with Crippen molar-refractivity contribution < 1.29 is 13.2 Å². The van der Waals surface area contributed by atoms with Crippen molar-refractivity contribution in [2.45, 2.75) is 19.1 Å². The van der Waals surface area contributed by atoms with Crippen molar-refractivity contribution in [3.8, 4) is 0 Å². The molecular formula is C12H11ClF3N3. The van der Waals surface area contributed by atoms with E-state index in [4.69, 9.17) is 11.6 Å². The second-order valence-corrected chi connectivity index (χ2v) is 4.38. The third kappa shape index (κ3) is 3.47. The van der Waals surface area contributed by atoms with Gasteiger partial charge in [-0.1, -0.05) is 23.4 Å². The van der Waals surface area contributed by atoms with Crippen molar-refractivity contribution in [3.05, 3.63) is 47.3 Å². The minimum absolute atomic E-state index is 0.0327. The molecule has 2 aromatic rings. The van der Waals surface area contributed by atoms with Crippen LogP contribution in [0.3, 0.4) is 0 Å². The van der Waals surface area contributed by atoms with E-state index in [1.54, 1.807) is 12.3 Å². The Hall–Kier alpha value is -1.56. The molecule has 0 fully saturated rings. The number of alkyl halides is 4. The molecular weight excluding hydrogens is 279 g/mol. The number of rotatable bonds is 4. The molecule has 0 saturated carbocycles. The van der Waals surface area contributed by atoms with Gasteiger partial charge in [-0.2, -0.15) is 13.2 Å². The molecule has 0 N–H and O–H groups in total. The Morgan fingerprint density at radius 1 is 1.21 bits per heavy atom. The van der Waals surface area contributed by atoms with Crippen molar-refractivity contribution >= 4 is 11.6 Å². The highest BCUT2D eigenvalue weighted by molar-refractivity contribution is 6.17. The fourth-order valence-corrected chi connectivity index (χ4v) is 1.93. The lowest BCUT2D eigenvalue weighted by molar-refractivity contribution is -0.138. The van der Waals surface area contributed by atoms with Crippen molar-refractivity contribution in [3.63, 3.8) is 0 Å². The molecule has 1 aromatic carbocycles. The van der Waals surface area contributed by atoms with Crippen LogP contribution in [0.5, 0.6) is 0 Å². The summed E-state index contributed by atoms with van der Waals surface area (Å²) in [6.45, 7) is 0.0327. The Morgan fingerprint density at radius 3 is 2.63 bits per heavy atom. The first-order valence-electron chi connectivity index (χ1n) is 5.61. The van der Waals surface area contributed by atoms with Gasteiger partial charge in [-0.05, 0) is 11.6 Å². The topological polar surface area (TPSA) is 30.7 Å². The van der Waals surface area contributed by atoms with E-state index >= 15 is 0 Å². The van der Waals surface area contributed by atoms with E-state index in [1.165, 1.54) is 16.8 Å². The Kier molecular flexibility index (Phi) is 4.09. The zero-order valence-corrected chi connectivity index (χ0v) is 10.6. The third-order valence-electron chi connectivity index (χ3n) is 2.59. The van der Waals surface area contributed by atoms with E-state index in [1.807, 2.05) is 0 Å². The first-order valence-corrected chi connectivity index (χ1v) is 6.14. The maximum atomic E-state index is 12.8. The molecule has 0 aliphatic carbocycles. The average Bonchev–Trinajstić information content (AvgIpc) is 2.76. The molecule has 0 atom stereocenters. The van der Waals surface area contributed by atoms with Crippen molar-refractivity contribution in [1.29, 1.82) is 0 Å². The van der Waals surface area contributed by atoms with Crippen LogP contribution in [0.25, 0.3) is 0 Å². The molecule has 19 heavy (non-hydrogen) atoms. The first kappa shape index (κ1) is 13.9. The van der Waals surface area contributed by atoms with E-state index in [0.29, 0.717) is 18.0 Å². The summed E-state index contributed by atoms with van der Waals surface area (Å²) in [5, 5.41) is 7.64. The van der Waals surface area contributed by atoms with Crippen LogP contribution in [0.2, 0.25) is 0 Å². The largest absolute Gasteiger partial charge is 0.416 e. The smallest absolute Gasteiger partial charge is 0.248 e. The average molecular weight is 290 g/mol. The van der Waals surface area contributed by atoms with Crippen LogP contribution in [-0.2, 0) is 19.1 Å². The molecule has 0 aliphatic heterocycles. The second kappa shape index (κ2) is 5.61. The summed E-state index contributed by atoms with van der Waals surface area (Å²) in [5.41, 5.74) is 0.182. The van der Waals surface area contributed by atoms with Gasteiger partial charge in [0.1, 0.15) is 0 Å². The Balaban J connectivity index is 2.23. The van der Waals surface area contributed by atoms with Crippen molar-refractivity contribution in [1.82, 2.24) is 15.0 Å². The van der Waals surface area contributed by atoms with Crippen LogP contribution in [0.4, 0.5) is 13.2 Å². The Morgan fingerprint density at radius 2 is 1.95 bits per heavy atom. The summed E-state index contributed by atoms with van der Waals surface area (Å²) in [6, 6.07) is 5.44. The molecule has 0 bridgehead atoms. The van der Waals surface area contributed by atoms with Crippen LogP contribution in [0, 0.1) is 0 Å². The summed E-state index contributed by atoms with van der Waals surface area (Å²) >= 11 is 5.56. The highest BCUT2D eigenvalue weighted by atomic mass is 35.5. The molecule has 0 spiro atoms. The highest BCUT2D eigenvalue weighted by Gasteiger charge is 2.32. The fraction of sp³-hybridized carbons (Fsp3) is 0.333. The predicted octanol–water partition coefficient (Wildman–Crippen LogP) is 3.13. The summed E-state index contributed by atoms with van der Waals surface area (Å²) in [7, 11) is 0. The quantitative estimate of drug-likeness (QED) is 0.810. The fourth-order valence-electron chi connectivity index (χ4n) is 1.74. The van der Waals surface area contributed by atoms with Crippen LogP contribution in [0.1, 0.15) is 16.8 Å². The van der Waals surface area contributed by atoms with Gasteiger partial charge in [0.15, 0.2) is 0 Å². The molecule has 0 saturated heterocycles. The molecule has 7 heteroatoms. The van der Waals surface area contributed by atoms with Gasteiger partial charge in [-0.25, -0.2) is 4.68 Å². The summed E-state index contributed by atoms with van der Waals surface area (Å²) < 4.78 is 39.8. The molecule has 0 radical (unpaired) electrons. The number of hydrogen-bond donors (Lipinski definition) is 0. The molecule has 102 valence electrons. The third-order valence-corrected chi connectivity index (χ3v) is 2.78. The van der Waals surface area contributed by atoms with Crippen molar-refractivity contribution in [2.75, 3.05) is 5.88 Å².